The van der Waals surface area contributed by atoms with Gasteiger partial charge in [-0.05, 0) is 42.3 Å². The van der Waals surface area contributed by atoms with Gasteiger partial charge in [-0.2, -0.15) is 5.26 Å². The van der Waals surface area contributed by atoms with Gasteiger partial charge in [0.15, 0.2) is 0 Å². The summed E-state index contributed by atoms with van der Waals surface area (Å²) in [5, 5.41) is 11.1. The predicted octanol–water partition coefficient (Wildman–Crippen LogP) is 5.01. The molecule has 4 rings (SSSR count). The fourth-order valence-electron chi connectivity index (χ4n) is 3.66. The lowest BCUT2D eigenvalue weighted by Gasteiger charge is -2.42. The summed E-state index contributed by atoms with van der Waals surface area (Å²) in [7, 11) is 0. The summed E-state index contributed by atoms with van der Waals surface area (Å²) >= 11 is 7.70. The fourth-order valence-corrected chi connectivity index (χ4v) is 4.99. The molecule has 2 aromatic rings. The molecule has 0 saturated carbocycles. The number of benzene rings is 2. The lowest BCUT2D eigenvalue weighted by atomic mass is 9.86. The largest absolute Gasteiger partial charge is 0.343 e. The number of thioether (sulfide) groups is 1. The first-order chi connectivity index (χ1) is 13.5. The van der Waals surface area contributed by atoms with Crippen molar-refractivity contribution in [2.45, 2.75) is 19.3 Å². The Bertz CT molecular complexity index is 1030. The van der Waals surface area contributed by atoms with Gasteiger partial charge in [-0.25, -0.2) is 4.39 Å². The van der Waals surface area contributed by atoms with E-state index in [0.717, 1.165) is 11.3 Å². The van der Waals surface area contributed by atoms with Gasteiger partial charge in [-0.1, -0.05) is 41.6 Å². The Morgan fingerprint density at radius 2 is 2.07 bits per heavy atom. The number of amides is 1. The minimum Gasteiger partial charge on any atom is -0.343 e. The maximum atomic E-state index is 13.7. The van der Waals surface area contributed by atoms with E-state index < -0.39 is 5.92 Å². The molecule has 0 aliphatic carbocycles. The van der Waals surface area contributed by atoms with Crippen molar-refractivity contribution < 1.29 is 9.18 Å². The van der Waals surface area contributed by atoms with Crippen LogP contribution in [0, 0.1) is 24.1 Å². The van der Waals surface area contributed by atoms with Crippen LogP contribution in [0.4, 0.5) is 10.1 Å². The van der Waals surface area contributed by atoms with Crippen molar-refractivity contribution in [1.82, 2.24) is 4.90 Å². The molecule has 1 atom stereocenters. The number of anilines is 1. The summed E-state index contributed by atoms with van der Waals surface area (Å²) in [5.74, 6) is -0.249. The maximum absolute atomic E-state index is 13.7. The van der Waals surface area contributed by atoms with E-state index in [1.54, 1.807) is 17.0 Å². The van der Waals surface area contributed by atoms with Gasteiger partial charge in [-0.15, -0.1) is 0 Å². The molecule has 1 unspecified atom stereocenters. The van der Waals surface area contributed by atoms with Crippen molar-refractivity contribution in [2.75, 3.05) is 17.4 Å². The molecule has 0 spiro atoms. The molecule has 4 nitrogen and oxygen atoms in total. The number of hydrogen-bond acceptors (Lipinski definition) is 4. The molecule has 7 heteroatoms. The standard InChI is InChI=1S/C21H17ClFN3OS/c1-13-18(22)6-3-7-19(13)25-11-26-20(27)9-16(14-4-2-5-15(23)8-14)17(10-24)21(26)28-12-25/h2-8,16H,9,11-12H2,1H3. The van der Waals surface area contributed by atoms with Crippen molar-refractivity contribution in [3.05, 3.63) is 75.0 Å². The first-order valence-corrected chi connectivity index (χ1v) is 10.2. The maximum Gasteiger partial charge on any atom is 0.229 e. The van der Waals surface area contributed by atoms with Crippen LogP contribution in [-0.2, 0) is 4.79 Å². The second kappa shape index (κ2) is 7.50. The Morgan fingerprint density at radius 1 is 1.29 bits per heavy atom. The second-order valence-electron chi connectivity index (χ2n) is 6.80. The van der Waals surface area contributed by atoms with Crippen LogP contribution in [0.3, 0.4) is 0 Å². The van der Waals surface area contributed by atoms with E-state index in [1.807, 2.05) is 25.1 Å². The van der Waals surface area contributed by atoms with Gasteiger partial charge in [-0.3, -0.25) is 9.69 Å². The van der Waals surface area contributed by atoms with Crippen molar-refractivity contribution in [1.29, 1.82) is 5.26 Å². The van der Waals surface area contributed by atoms with Crippen LogP contribution in [-0.4, -0.2) is 23.4 Å². The third-order valence-electron chi connectivity index (χ3n) is 5.12. The van der Waals surface area contributed by atoms with E-state index in [-0.39, 0.29) is 18.1 Å². The normalized spacial score (nSPS) is 19.5. The smallest absolute Gasteiger partial charge is 0.229 e. The Morgan fingerprint density at radius 3 is 2.82 bits per heavy atom. The molecule has 2 aliphatic heterocycles. The number of rotatable bonds is 2. The highest BCUT2D eigenvalue weighted by Crippen LogP contribution is 2.43. The molecule has 142 valence electrons. The van der Waals surface area contributed by atoms with Gasteiger partial charge in [0.2, 0.25) is 5.91 Å². The van der Waals surface area contributed by atoms with Crippen LogP contribution >= 0.6 is 23.4 Å². The summed E-state index contributed by atoms with van der Waals surface area (Å²) in [6.45, 7) is 2.32. The molecule has 1 amide bonds. The minimum absolute atomic E-state index is 0.0693. The van der Waals surface area contributed by atoms with Crippen molar-refractivity contribution in [2.24, 2.45) is 0 Å². The Labute approximate surface area is 172 Å². The highest BCUT2D eigenvalue weighted by Gasteiger charge is 2.38. The monoisotopic (exact) mass is 413 g/mol. The first kappa shape index (κ1) is 18.9. The summed E-state index contributed by atoms with van der Waals surface area (Å²) in [6, 6.07) is 14.1. The third-order valence-corrected chi connectivity index (χ3v) is 6.69. The van der Waals surface area contributed by atoms with Crippen LogP contribution in [0.25, 0.3) is 0 Å². The van der Waals surface area contributed by atoms with Crippen molar-refractivity contribution >= 4 is 35.0 Å². The fraction of sp³-hybridized carbons (Fsp3) is 0.238. The summed E-state index contributed by atoms with van der Waals surface area (Å²) < 4.78 is 13.7. The molecule has 28 heavy (non-hydrogen) atoms. The van der Waals surface area contributed by atoms with Crippen LogP contribution in [0.5, 0.6) is 0 Å². The topological polar surface area (TPSA) is 47.3 Å². The van der Waals surface area contributed by atoms with Gasteiger partial charge in [0.25, 0.3) is 0 Å². The first-order valence-electron chi connectivity index (χ1n) is 8.82. The lowest BCUT2D eigenvalue weighted by Crippen LogP contribution is -2.47. The van der Waals surface area contributed by atoms with Gasteiger partial charge >= 0.3 is 0 Å². The number of hydrogen-bond donors (Lipinski definition) is 0. The third kappa shape index (κ3) is 3.25. The molecule has 0 radical (unpaired) electrons. The van der Waals surface area contributed by atoms with Crippen LogP contribution < -0.4 is 4.90 Å². The van der Waals surface area contributed by atoms with E-state index in [9.17, 15) is 14.4 Å². The zero-order chi connectivity index (χ0) is 19.8. The molecular weight excluding hydrogens is 397 g/mol. The van der Waals surface area contributed by atoms with E-state index in [0.29, 0.717) is 33.7 Å². The van der Waals surface area contributed by atoms with E-state index in [4.69, 9.17) is 11.6 Å². The quantitative estimate of drug-likeness (QED) is 0.694. The Kier molecular flexibility index (Phi) is 5.05. The molecule has 1 saturated heterocycles. The number of nitrogens with zero attached hydrogens (tertiary/aromatic N) is 3. The predicted molar refractivity (Wildman–Crippen MR) is 109 cm³/mol. The molecule has 2 heterocycles. The number of allylic oxidation sites excluding steroid dienone is 1. The zero-order valence-electron chi connectivity index (χ0n) is 15.2. The van der Waals surface area contributed by atoms with Crippen LogP contribution in [0.15, 0.2) is 53.1 Å². The van der Waals surface area contributed by atoms with E-state index >= 15 is 0 Å². The number of halogens is 2. The van der Waals surface area contributed by atoms with E-state index in [2.05, 4.69) is 11.0 Å². The van der Waals surface area contributed by atoms with Gasteiger partial charge < -0.3 is 4.90 Å². The summed E-state index contributed by atoms with van der Waals surface area (Å²) in [5.41, 5.74) is 3.11. The van der Waals surface area contributed by atoms with E-state index in [1.165, 1.54) is 23.9 Å². The second-order valence-corrected chi connectivity index (χ2v) is 8.14. The van der Waals surface area contributed by atoms with Gasteiger partial charge in [0.05, 0.1) is 29.2 Å². The van der Waals surface area contributed by atoms with Crippen LogP contribution in [0.1, 0.15) is 23.5 Å². The molecular formula is C21H17ClFN3OS. The average Bonchev–Trinajstić information content (AvgIpc) is 2.70. The summed E-state index contributed by atoms with van der Waals surface area (Å²) in [4.78, 5) is 16.6. The summed E-state index contributed by atoms with van der Waals surface area (Å²) in [6.07, 6.45) is 0.152. The number of fused-ring (bicyclic) bond motifs is 1. The molecule has 1 fully saturated rings. The van der Waals surface area contributed by atoms with Gasteiger partial charge in [0.1, 0.15) is 5.82 Å². The number of nitriles is 1. The Hall–Kier alpha value is -2.49. The molecule has 0 aromatic heterocycles. The van der Waals surface area contributed by atoms with Crippen molar-refractivity contribution in [3.63, 3.8) is 0 Å². The number of carbonyl (C=O) groups excluding carboxylic acids is 1. The molecule has 2 aromatic carbocycles. The van der Waals surface area contributed by atoms with Crippen molar-refractivity contribution in [3.8, 4) is 6.07 Å². The van der Waals surface area contributed by atoms with Crippen LogP contribution in [0.2, 0.25) is 5.02 Å². The molecule has 2 aliphatic rings. The highest BCUT2D eigenvalue weighted by molar-refractivity contribution is 8.03. The van der Waals surface area contributed by atoms with Gasteiger partial charge in [0, 0.05) is 23.0 Å². The highest BCUT2D eigenvalue weighted by atomic mass is 35.5. The Balaban J connectivity index is 1.69. The number of carbonyl (C=O) groups is 1. The molecule has 0 bridgehead atoms. The molecule has 0 N–H and O–H groups in total. The zero-order valence-corrected chi connectivity index (χ0v) is 16.7. The lowest BCUT2D eigenvalue weighted by molar-refractivity contribution is -0.129. The SMILES string of the molecule is Cc1c(Cl)cccc1N1CSC2=C(C#N)C(c3cccc(F)c3)CC(=O)N2C1. The minimum atomic E-state index is -0.411. The average molecular weight is 414 g/mol.